The first-order chi connectivity index (χ1) is 9.10. The fourth-order valence-corrected chi connectivity index (χ4v) is 1.76. The minimum absolute atomic E-state index is 0.0611. The molecule has 0 radical (unpaired) electrons. The van der Waals surface area contributed by atoms with Gasteiger partial charge in [-0.3, -0.25) is 4.79 Å². The topological polar surface area (TPSA) is 26.3 Å². The van der Waals surface area contributed by atoms with Crippen molar-refractivity contribution in [3.63, 3.8) is 0 Å². The number of hydrogen-bond acceptors (Lipinski definition) is 2. The summed E-state index contributed by atoms with van der Waals surface area (Å²) in [7, 11) is 0. The number of hydrogen-bond donors (Lipinski definition) is 0. The highest BCUT2D eigenvalue weighted by Crippen LogP contribution is 2.22. The van der Waals surface area contributed by atoms with E-state index in [2.05, 4.69) is 0 Å². The van der Waals surface area contributed by atoms with Gasteiger partial charge in [-0.1, -0.05) is 17.7 Å². The van der Waals surface area contributed by atoms with Crippen LogP contribution < -0.4 is 4.74 Å². The third-order valence-corrected chi connectivity index (χ3v) is 2.85. The molecule has 0 spiro atoms. The average molecular weight is 283 g/mol. The van der Waals surface area contributed by atoms with Crippen molar-refractivity contribution in [3.05, 3.63) is 64.2 Å². The zero-order chi connectivity index (χ0) is 13.8. The van der Waals surface area contributed by atoms with E-state index in [0.29, 0.717) is 11.8 Å². The Morgan fingerprint density at radius 3 is 2.47 bits per heavy atom. The van der Waals surface area contributed by atoms with Crippen LogP contribution >= 0.6 is 11.6 Å². The quantitative estimate of drug-likeness (QED) is 0.792. The molecule has 0 bridgehead atoms. The van der Waals surface area contributed by atoms with E-state index in [9.17, 15) is 13.6 Å². The molecule has 0 aliphatic heterocycles. The Labute approximate surface area is 113 Å². The molecule has 0 fully saturated rings. The summed E-state index contributed by atoms with van der Waals surface area (Å²) in [6, 6.07) is 7.54. The fourth-order valence-electron chi connectivity index (χ4n) is 1.54. The van der Waals surface area contributed by atoms with Gasteiger partial charge in [0.2, 0.25) is 0 Å². The molecule has 0 aliphatic carbocycles. The van der Waals surface area contributed by atoms with Crippen molar-refractivity contribution in [2.24, 2.45) is 0 Å². The molecule has 98 valence electrons. The van der Waals surface area contributed by atoms with Crippen molar-refractivity contribution in [1.29, 1.82) is 0 Å². The largest absolute Gasteiger partial charge is 0.488 e. The zero-order valence-electron chi connectivity index (χ0n) is 9.70. The lowest BCUT2D eigenvalue weighted by molar-refractivity contribution is 0.111. The van der Waals surface area contributed by atoms with Crippen LogP contribution in [0.2, 0.25) is 5.02 Å². The minimum Gasteiger partial charge on any atom is -0.488 e. The van der Waals surface area contributed by atoms with Gasteiger partial charge in [-0.25, -0.2) is 8.78 Å². The molecule has 19 heavy (non-hydrogen) atoms. The molecule has 2 nitrogen and oxygen atoms in total. The second kappa shape index (κ2) is 5.80. The smallest absolute Gasteiger partial charge is 0.153 e. The van der Waals surface area contributed by atoms with E-state index in [1.165, 1.54) is 30.3 Å². The summed E-state index contributed by atoms with van der Waals surface area (Å²) in [6.45, 7) is 0.0611. The standard InChI is InChI=1S/C14H9ClF2O2/c15-13-6-12(17)2-1-9(13)8-19-14-4-3-11(16)5-10(14)7-18/h1-7H,8H2. The van der Waals surface area contributed by atoms with Crippen molar-refractivity contribution >= 4 is 17.9 Å². The maximum Gasteiger partial charge on any atom is 0.153 e. The van der Waals surface area contributed by atoms with Gasteiger partial charge in [-0.05, 0) is 30.3 Å². The summed E-state index contributed by atoms with van der Waals surface area (Å²) in [6.07, 6.45) is 0.505. The first-order valence-electron chi connectivity index (χ1n) is 5.41. The predicted octanol–water partition coefficient (Wildman–Crippen LogP) is 4.01. The van der Waals surface area contributed by atoms with Crippen LogP contribution in [0.3, 0.4) is 0 Å². The molecule has 0 unspecified atom stereocenters. The summed E-state index contributed by atoms with van der Waals surface area (Å²) in [5.41, 5.74) is 0.683. The van der Waals surface area contributed by atoms with Crippen LogP contribution in [0, 0.1) is 11.6 Å². The molecule has 2 aromatic rings. The molecule has 0 amide bonds. The number of rotatable bonds is 4. The number of carbonyl (C=O) groups excluding carboxylic acids is 1. The van der Waals surface area contributed by atoms with Gasteiger partial charge >= 0.3 is 0 Å². The number of ether oxygens (including phenoxy) is 1. The van der Waals surface area contributed by atoms with Crippen LogP contribution in [-0.4, -0.2) is 6.29 Å². The summed E-state index contributed by atoms with van der Waals surface area (Å²) in [5.74, 6) is -0.713. The molecule has 2 rings (SSSR count). The molecular weight excluding hydrogens is 274 g/mol. The normalized spacial score (nSPS) is 10.3. The van der Waals surface area contributed by atoms with E-state index in [-0.39, 0.29) is 22.9 Å². The van der Waals surface area contributed by atoms with E-state index in [1.807, 2.05) is 0 Å². The van der Waals surface area contributed by atoms with Gasteiger partial charge in [0.1, 0.15) is 24.0 Å². The maximum atomic E-state index is 12.9. The first kappa shape index (κ1) is 13.5. The van der Waals surface area contributed by atoms with Crippen LogP contribution in [0.15, 0.2) is 36.4 Å². The van der Waals surface area contributed by atoms with E-state index >= 15 is 0 Å². The number of aldehydes is 1. The van der Waals surface area contributed by atoms with E-state index < -0.39 is 11.6 Å². The lowest BCUT2D eigenvalue weighted by Crippen LogP contribution is -1.99. The Hall–Kier alpha value is -1.94. The second-order valence-corrected chi connectivity index (χ2v) is 4.23. The molecule has 0 saturated carbocycles. The average Bonchev–Trinajstić information content (AvgIpc) is 2.39. The monoisotopic (exact) mass is 282 g/mol. The van der Waals surface area contributed by atoms with Gasteiger partial charge < -0.3 is 4.74 Å². The summed E-state index contributed by atoms with van der Waals surface area (Å²) < 4.78 is 31.2. The Balaban J connectivity index is 2.16. The van der Waals surface area contributed by atoms with Gasteiger partial charge in [0.15, 0.2) is 6.29 Å². The molecule has 0 aliphatic rings. The fraction of sp³-hybridized carbons (Fsp3) is 0.0714. The van der Waals surface area contributed by atoms with Gasteiger partial charge in [-0.15, -0.1) is 0 Å². The van der Waals surface area contributed by atoms with Crippen LogP contribution in [-0.2, 0) is 6.61 Å². The molecule has 0 atom stereocenters. The molecule has 0 saturated heterocycles. The number of halogens is 3. The van der Waals surface area contributed by atoms with Crippen molar-refractivity contribution in [2.75, 3.05) is 0 Å². The highest BCUT2D eigenvalue weighted by molar-refractivity contribution is 6.31. The third-order valence-electron chi connectivity index (χ3n) is 2.50. The minimum atomic E-state index is -0.519. The first-order valence-corrected chi connectivity index (χ1v) is 5.79. The van der Waals surface area contributed by atoms with Crippen molar-refractivity contribution < 1.29 is 18.3 Å². The molecule has 0 N–H and O–H groups in total. The van der Waals surface area contributed by atoms with E-state index in [4.69, 9.17) is 16.3 Å². The van der Waals surface area contributed by atoms with Crippen LogP contribution in [0.1, 0.15) is 15.9 Å². The lowest BCUT2D eigenvalue weighted by atomic mass is 10.2. The zero-order valence-corrected chi connectivity index (χ0v) is 10.5. The Morgan fingerprint density at radius 2 is 1.79 bits per heavy atom. The van der Waals surface area contributed by atoms with Crippen molar-refractivity contribution in [3.8, 4) is 5.75 Å². The number of benzene rings is 2. The Kier molecular flexibility index (Phi) is 4.12. The van der Waals surface area contributed by atoms with Crippen molar-refractivity contribution in [1.82, 2.24) is 0 Å². The predicted molar refractivity (Wildman–Crippen MR) is 67.5 cm³/mol. The third kappa shape index (κ3) is 3.29. The Morgan fingerprint density at radius 1 is 1.11 bits per heavy atom. The van der Waals surface area contributed by atoms with Crippen LogP contribution in [0.5, 0.6) is 5.75 Å². The molecule has 5 heteroatoms. The van der Waals surface area contributed by atoms with Gasteiger partial charge in [0, 0.05) is 5.56 Å². The highest BCUT2D eigenvalue weighted by atomic mass is 35.5. The summed E-state index contributed by atoms with van der Waals surface area (Å²) in [5, 5.41) is 0.231. The van der Waals surface area contributed by atoms with E-state index in [1.54, 1.807) is 0 Å². The SMILES string of the molecule is O=Cc1cc(F)ccc1OCc1ccc(F)cc1Cl. The maximum absolute atomic E-state index is 12.9. The Bertz CT molecular complexity index is 614. The van der Waals surface area contributed by atoms with E-state index in [0.717, 1.165) is 6.07 Å². The molecular formula is C14H9ClF2O2. The number of carbonyl (C=O) groups is 1. The molecule has 0 aromatic heterocycles. The highest BCUT2D eigenvalue weighted by Gasteiger charge is 2.07. The molecule has 0 heterocycles. The lowest BCUT2D eigenvalue weighted by Gasteiger charge is -2.09. The molecule has 2 aromatic carbocycles. The van der Waals surface area contributed by atoms with Crippen LogP contribution in [0.25, 0.3) is 0 Å². The van der Waals surface area contributed by atoms with Crippen LogP contribution in [0.4, 0.5) is 8.78 Å². The summed E-state index contributed by atoms with van der Waals surface area (Å²) in [4.78, 5) is 10.8. The van der Waals surface area contributed by atoms with Gasteiger partial charge in [-0.2, -0.15) is 0 Å². The second-order valence-electron chi connectivity index (χ2n) is 3.82. The van der Waals surface area contributed by atoms with Crippen molar-refractivity contribution in [2.45, 2.75) is 6.61 Å². The van der Waals surface area contributed by atoms with Gasteiger partial charge in [0.05, 0.1) is 10.6 Å². The van der Waals surface area contributed by atoms with Gasteiger partial charge in [0.25, 0.3) is 0 Å². The summed E-state index contributed by atoms with van der Waals surface area (Å²) >= 11 is 5.85.